The molecule has 7 heteroatoms. The van der Waals surface area contributed by atoms with Gasteiger partial charge in [-0.2, -0.15) is 0 Å². The third-order valence-electron chi connectivity index (χ3n) is 5.70. The van der Waals surface area contributed by atoms with Gasteiger partial charge in [0.25, 0.3) is 0 Å². The molecule has 0 bridgehead atoms. The summed E-state index contributed by atoms with van der Waals surface area (Å²) in [5.41, 5.74) is 5.29. The summed E-state index contributed by atoms with van der Waals surface area (Å²) in [7, 11) is 1.67. The molecule has 1 heterocycles. The van der Waals surface area contributed by atoms with Crippen molar-refractivity contribution in [3.05, 3.63) is 88.2 Å². The molecule has 1 N–H and O–H groups in total. The first-order valence-electron chi connectivity index (χ1n) is 10.6. The number of carboxylic acid groups (broad SMARTS) is 1. The molecule has 3 aromatic carbocycles. The van der Waals surface area contributed by atoms with Crippen molar-refractivity contribution >= 4 is 32.7 Å². The van der Waals surface area contributed by atoms with Crippen molar-refractivity contribution < 1.29 is 19.0 Å². The first-order valence-corrected chi connectivity index (χ1v) is 11.4. The fourth-order valence-corrected chi connectivity index (χ4v) is 4.84. The van der Waals surface area contributed by atoms with Gasteiger partial charge in [-0.3, -0.25) is 0 Å². The standard InChI is InChI=1S/C26H25FN2O3S/c1-16-14-23(32-3)17(2)13-20(16)11-12-29(15-18-7-9-19(10-8-18)25(30)31)26-28-22-6-4-5-21(27)24(22)33-26/h4-10,13-14H,11-12,15H2,1-3H3,(H,30,31). The lowest BCUT2D eigenvalue weighted by molar-refractivity contribution is 0.0697. The molecule has 0 fully saturated rings. The van der Waals surface area contributed by atoms with E-state index in [0.717, 1.165) is 34.0 Å². The Morgan fingerprint density at radius 1 is 1.12 bits per heavy atom. The maximum atomic E-state index is 14.3. The Kier molecular flexibility index (Phi) is 6.60. The number of ether oxygens (including phenoxy) is 1. The van der Waals surface area contributed by atoms with Gasteiger partial charge in [0.05, 0.1) is 22.9 Å². The van der Waals surface area contributed by atoms with Crippen molar-refractivity contribution in [1.29, 1.82) is 0 Å². The number of nitrogens with zero attached hydrogens (tertiary/aromatic N) is 2. The minimum atomic E-state index is -0.953. The number of carboxylic acids is 1. The van der Waals surface area contributed by atoms with Crippen LogP contribution in [-0.4, -0.2) is 29.7 Å². The molecule has 33 heavy (non-hydrogen) atoms. The zero-order valence-electron chi connectivity index (χ0n) is 18.8. The number of carbonyl (C=O) groups is 1. The molecule has 4 rings (SSSR count). The second-order valence-electron chi connectivity index (χ2n) is 8.01. The Balaban J connectivity index is 1.64. The van der Waals surface area contributed by atoms with Crippen LogP contribution in [0.2, 0.25) is 0 Å². The number of thiazole rings is 1. The van der Waals surface area contributed by atoms with Gasteiger partial charge in [-0.15, -0.1) is 0 Å². The molecule has 0 saturated carbocycles. The Labute approximate surface area is 196 Å². The Morgan fingerprint density at radius 3 is 2.55 bits per heavy atom. The summed E-state index contributed by atoms with van der Waals surface area (Å²) in [5, 5.41) is 9.91. The second-order valence-corrected chi connectivity index (χ2v) is 8.98. The van der Waals surface area contributed by atoms with Crippen molar-refractivity contribution in [3.8, 4) is 5.75 Å². The molecule has 0 atom stereocenters. The van der Waals surface area contributed by atoms with Crippen LogP contribution in [0.25, 0.3) is 10.2 Å². The molecule has 0 saturated heterocycles. The number of rotatable bonds is 8. The maximum absolute atomic E-state index is 14.3. The molecule has 0 spiro atoms. The van der Waals surface area contributed by atoms with E-state index < -0.39 is 5.97 Å². The number of hydrogen-bond donors (Lipinski definition) is 1. The van der Waals surface area contributed by atoms with Crippen LogP contribution in [0.1, 0.15) is 32.6 Å². The molecule has 4 aromatic rings. The third kappa shape index (κ3) is 4.98. The maximum Gasteiger partial charge on any atom is 0.335 e. The molecule has 170 valence electrons. The van der Waals surface area contributed by atoms with E-state index in [4.69, 9.17) is 4.74 Å². The van der Waals surface area contributed by atoms with E-state index in [1.807, 2.05) is 31.2 Å². The van der Waals surface area contributed by atoms with Gasteiger partial charge in [-0.05, 0) is 72.9 Å². The van der Waals surface area contributed by atoms with Gasteiger partial charge in [0.1, 0.15) is 11.6 Å². The predicted molar refractivity (Wildman–Crippen MR) is 130 cm³/mol. The minimum absolute atomic E-state index is 0.247. The SMILES string of the molecule is COc1cc(C)c(CCN(Cc2ccc(C(=O)O)cc2)c2nc3cccc(F)c3s2)cc1C. The molecule has 5 nitrogen and oxygen atoms in total. The van der Waals surface area contributed by atoms with Gasteiger partial charge >= 0.3 is 5.97 Å². The van der Waals surface area contributed by atoms with Gasteiger partial charge in [-0.25, -0.2) is 14.2 Å². The topological polar surface area (TPSA) is 62.7 Å². The highest BCUT2D eigenvalue weighted by atomic mass is 32.1. The normalized spacial score (nSPS) is 11.0. The molecular weight excluding hydrogens is 439 g/mol. The molecule has 0 radical (unpaired) electrons. The smallest absolute Gasteiger partial charge is 0.335 e. The monoisotopic (exact) mass is 464 g/mol. The quantitative estimate of drug-likeness (QED) is 0.346. The van der Waals surface area contributed by atoms with Gasteiger partial charge in [0, 0.05) is 13.1 Å². The first-order chi connectivity index (χ1) is 15.9. The highest BCUT2D eigenvalue weighted by molar-refractivity contribution is 7.22. The number of halogens is 1. The molecule has 0 aliphatic rings. The predicted octanol–water partition coefficient (Wildman–Crippen LogP) is 6.01. The van der Waals surface area contributed by atoms with Gasteiger partial charge < -0.3 is 14.7 Å². The average molecular weight is 465 g/mol. The number of aromatic carboxylic acids is 1. The Morgan fingerprint density at radius 2 is 1.88 bits per heavy atom. The Bertz CT molecular complexity index is 1300. The van der Waals surface area contributed by atoms with E-state index in [1.165, 1.54) is 23.0 Å². The summed E-state index contributed by atoms with van der Waals surface area (Å²) >= 11 is 1.33. The van der Waals surface area contributed by atoms with Crippen LogP contribution in [0.4, 0.5) is 9.52 Å². The van der Waals surface area contributed by atoms with Crippen LogP contribution < -0.4 is 9.64 Å². The number of benzene rings is 3. The molecule has 1 aromatic heterocycles. The first kappa shape index (κ1) is 22.7. The van der Waals surface area contributed by atoms with Crippen molar-refractivity contribution in [2.45, 2.75) is 26.8 Å². The number of anilines is 1. The summed E-state index contributed by atoms with van der Waals surface area (Å²) in [6.07, 6.45) is 0.780. The van der Waals surface area contributed by atoms with Crippen LogP contribution in [-0.2, 0) is 13.0 Å². The van der Waals surface area contributed by atoms with E-state index in [2.05, 4.69) is 22.9 Å². The lowest BCUT2D eigenvalue weighted by Crippen LogP contribution is -2.25. The van der Waals surface area contributed by atoms with Crippen molar-refractivity contribution in [2.24, 2.45) is 0 Å². The zero-order chi connectivity index (χ0) is 23.5. The van der Waals surface area contributed by atoms with Crippen LogP contribution in [0, 0.1) is 19.7 Å². The van der Waals surface area contributed by atoms with Crippen LogP contribution in [0.5, 0.6) is 5.75 Å². The van der Waals surface area contributed by atoms with E-state index in [0.29, 0.717) is 23.3 Å². The second kappa shape index (κ2) is 9.58. The van der Waals surface area contributed by atoms with Gasteiger partial charge in [0.2, 0.25) is 0 Å². The van der Waals surface area contributed by atoms with E-state index >= 15 is 0 Å². The average Bonchev–Trinajstić information content (AvgIpc) is 3.24. The summed E-state index contributed by atoms with van der Waals surface area (Å²) in [5.74, 6) is -0.359. The fourth-order valence-electron chi connectivity index (χ4n) is 3.85. The van der Waals surface area contributed by atoms with Crippen LogP contribution >= 0.6 is 11.3 Å². The molecule has 0 aliphatic carbocycles. The number of fused-ring (bicyclic) bond motifs is 1. The number of aromatic nitrogens is 1. The minimum Gasteiger partial charge on any atom is -0.496 e. The van der Waals surface area contributed by atoms with E-state index in [-0.39, 0.29) is 11.4 Å². The lowest BCUT2D eigenvalue weighted by atomic mass is 10.0. The third-order valence-corrected chi connectivity index (χ3v) is 6.85. The number of aryl methyl sites for hydroxylation is 2. The van der Waals surface area contributed by atoms with Gasteiger partial charge in [-0.1, -0.05) is 35.6 Å². The van der Waals surface area contributed by atoms with E-state index in [1.54, 1.807) is 25.3 Å². The highest BCUT2D eigenvalue weighted by Crippen LogP contribution is 2.32. The van der Waals surface area contributed by atoms with Crippen molar-refractivity contribution in [2.75, 3.05) is 18.6 Å². The van der Waals surface area contributed by atoms with E-state index in [9.17, 15) is 14.3 Å². The largest absolute Gasteiger partial charge is 0.496 e. The summed E-state index contributed by atoms with van der Waals surface area (Å²) in [6.45, 7) is 5.31. The van der Waals surface area contributed by atoms with Crippen molar-refractivity contribution in [3.63, 3.8) is 0 Å². The van der Waals surface area contributed by atoms with Gasteiger partial charge in [0.15, 0.2) is 5.13 Å². The van der Waals surface area contributed by atoms with Crippen molar-refractivity contribution in [1.82, 2.24) is 4.98 Å². The lowest BCUT2D eigenvalue weighted by Gasteiger charge is -2.23. The van der Waals surface area contributed by atoms with Crippen LogP contribution in [0.3, 0.4) is 0 Å². The fraction of sp³-hybridized carbons (Fsp3) is 0.231. The molecule has 0 aliphatic heterocycles. The molecule has 0 amide bonds. The molecular formula is C26H25FN2O3S. The summed E-state index contributed by atoms with van der Waals surface area (Å²) in [4.78, 5) is 18.0. The highest BCUT2D eigenvalue weighted by Gasteiger charge is 2.16. The number of methoxy groups -OCH3 is 1. The Hall–Kier alpha value is -3.45. The zero-order valence-corrected chi connectivity index (χ0v) is 19.6. The molecule has 0 unspecified atom stereocenters. The summed E-state index contributed by atoms with van der Waals surface area (Å²) < 4.78 is 20.3. The summed E-state index contributed by atoms with van der Waals surface area (Å²) in [6, 6.07) is 16.0. The number of hydrogen-bond acceptors (Lipinski definition) is 5. The van der Waals surface area contributed by atoms with Crippen LogP contribution in [0.15, 0.2) is 54.6 Å².